The lowest BCUT2D eigenvalue weighted by Crippen LogP contribution is -2.41. The average molecular weight is 318 g/mol. The number of rotatable bonds is 6. The van der Waals surface area contributed by atoms with Crippen LogP contribution in [-0.2, 0) is 6.42 Å². The number of anilines is 1. The Morgan fingerprint density at radius 2 is 2.00 bits per heavy atom. The van der Waals surface area contributed by atoms with Crippen molar-refractivity contribution in [2.45, 2.75) is 12.5 Å². The second kappa shape index (κ2) is 8.14. The summed E-state index contributed by atoms with van der Waals surface area (Å²) in [5.74, 6) is -0.228. The van der Waals surface area contributed by atoms with Crippen LogP contribution in [0.3, 0.4) is 0 Å². The summed E-state index contributed by atoms with van der Waals surface area (Å²) in [6.07, 6.45) is 0.505. The van der Waals surface area contributed by atoms with Crippen LogP contribution in [0.5, 0.6) is 5.75 Å². The first-order chi connectivity index (χ1) is 11.1. The maximum absolute atomic E-state index is 13.1. The lowest BCUT2D eigenvalue weighted by Gasteiger charge is -2.17. The molecule has 2 aromatic rings. The standard InChI is InChI=1S/C17H19FN2O3/c1-23-16-10-13(18)7-8-15(16)20-17(22)19-14(11-21)9-12-5-3-2-4-6-12/h2-8,10,14,21H,9,11H2,1H3,(H2,19,20,22). The lowest BCUT2D eigenvalue weighted by molar-refractivity contribution is 0.224. The van der Waals surface area contributed by atoms with E-state index in [1.807, 2.05) is 30.3 Å². The van der Waals surface area contributed by atoms with Crippen molar-refractivity contribution in [1.29, 1.82) is 0 Å². The number of amides is 2. The van der Waals surface area contributed by atoms with Gasteiger partial charge in [-0.25, -0.2) is 9.18 Å². The first-order valence-corrected chi connectivity index (χ1v) is 7.18. The molecule has 2 aromatic carbocycles. The quantitative estimate of drug-likeness (QED) is 0.766. The Labute approximate surface area is 134 Å². The molecule has 0 heterocycles. The van der Waals surface area contributed by atoms with E-state index < -0.39 is 17.9 Å². The number of urea groups is 1. The molecule has 23 heavy (non-hydrogen) atoms. The molecule has 0 fully saturated rings. The normalized spacial score (nSPS) is 11.6. The van der Waals surface area contributed by atoms with Crippen LogP contribution in [0.4, 0.5) is 14.9 Å². The number of ether oxygens (including phenoxy) is 1. The number of halogens is 1. The van der Waals surface area contributed by atoms with Gasteiger partial charge in [0, 0.05) is 6.07 Å². The fourth-order valence-electron chi connectivity index (χ4n) is 2.17. The van der Waals surface area contributed by atoms with E-state index in [2.05, 4.69) is 10.6 Å². The third-order valence-corrected chi connectivity index (χ3v) is 3.29. The Hall–Kier alpha value is -2.60. The summed E-state index contributed by atoms with van der Waals surface area (Å²) in [6.45, 7) is -0.192. The van der Waals surface area contributed by atoms with Gasteiger partial charge in [0.25, 0.3) is 0 Å². The van der Waals surface area contributed by atoms with Crippen LogP contribution in [0.15, 0.2) is 48.5 Å². The maximum atomic E-state index is 13.1. The van der Waals surface area contributed by atoms with E-state index in [9.17, 15) is 14.3 Å². The first-order valence-electron chi connectivity index (χ1n) is 7.18. The van der Waals surface area contributed by atoms with E-state index in [1.54, 1.807) is 0 Å². The fourth-order valence-corrected chi connectivity index (χ4v) is 2.17. The van der Waals surface area contributed by atoms with Gasteiger partial charge in [0.15, 0.2) is 0 Å². The molecule has 3 N–H and O–H groups in total. The molecule has 0 saturated heterocycles. The topological polar surface area (TPSA) is 70.6 Å². The summed E-state index contributed by atoms with van der Waals surface area (Å²) in [5, 5.41) is 14.7. The van der Waals surface area contributed by atoms with Crippen LogP contribution < -0.4 is 15.4 Å². The van der Waals surface area contributed by atoms with Gasteiger partial charge < -0.3 is 20.5 Å². The number of nitrogens with one attached hydrogen (secondary N) is 2. The zero-order chi connectivity index (χ0) is 16.7. The third kappa shape index (κ3) is 4.96. The van der Waals surface area contributed by atoms with Gasteiger partial charge >= 0.3 is 6.03 Å². The Kier molecular flexibility index (Phi) is 5.94. The molecule has 0 aliphatic rings. The lowest BCUT2D eigenvalue weighted by atomic mass is 10.1. The monoisotopic (exact) mass is 318 g/mol. The molecule has 0 spiro atoms. The van der Waals surface area contributed by atoms with Gasteiger partial charge in [0.1, 0.15) is 11.6 Å². The van der Waals surface area contributed by atoms with Gasteiger partial charge in [-0.3, -0.25) is 0 Å². The first kappa shape index (κ1) is 16.8. The van der Waals surface area contributed by atoms with Crippen molar-refractivity contribution in [1.82, 2.24) is 5.32 Å². The SMILES string of the molecule is COc1cc(F)ccc1NC(=O)NC(CO)Cc1ccccc1. The highest BCUT2D eigenvalue weighted by Gasteiger charge is 2.14. The minimum absolute atomic E-state index is 0.192. The summed E-state index contributed by atoms with van der Waals surface area (Å²) < 4.78 is 18.2. The number of benzene rings is 2. The predicted octanol–water partition coefficient (Wildman–Crippen LogP) is 2.56. The second-order valence-corrected chi connectivity index (χ2v) is 5.01. The number of aliphatic hydroxyl groups is 1. The number of methoxy groups -OCH3 is 1. The van der Waals surface area contributed by atoms with E-state index >= 15 is 0 Å². The molecule has 6 heteroatoms. The highest BCUT2D eigenvalue weighted by molar-refractivity contribution is 5.91. The van der Waals surface area contributed by atoms with E-state index in [0.29, 0.717) is 12.1 Å². The number of aliphatic hydroxyl groups excluding tert-OH is 1. The molecular formula is C17H19FN2O3. The number of hydrogen-bond acceptors (Lipinski definition) is 3. The zero-order valence-corrected chi connectivity index (χ0v) is 12.8. The summed E-state index contributed by atoms with van der Waals surface area (Å²) in [4.78, 5) is 12.0. The van der Waals surface area contributed by atoms with E-state index in [0.717, 1.165) is 5.56 Å². The van der Waals surface area contributed by atoms with E-state index in [4.69, 9.17) is 4.74 Å². The van der Waals surface area contributed by atoms with E-state index in [1.165, 1.54) is 25.3 Å². The van der Waals surface area contributed by atoms with Crippen molar-refractivity contribution in [2.75, 3.05) is 19.0 Å². The predicted molar refractivity (Wildman–Crippen MR) is 86.1 cm³/mol. The molecule has 0 radical (unpaired) electrons. The Bertz CT molecular complexity index is 650. The molecular weight excluding hydrogens is 299 g/mol. The minimum Gasteiger partial charge on any atom is -0.494 e. The van der Waals surface area contributed by atoms with Crippen molar-refractivity contribution in [3.8, 4) is 5.75 Å². The molecule has 1 unspecified atom stereocenters. The van der Waals surface area contributed by atoms with Crippen molar-refractivity contribution in [3.63, 3.8) is 0 Å². The Balaban J connectivity index is 1.97. The van der Waals surface area contributed by atoms with Gasteiger partial charge in [-0.05, 0) is 24.1 Å². The number of carbonyl (C=O) groups excluding carboxylic acids is 1. The molecule has 122 valence electrons. The van der Waals surface area contributed by atoms with Gasteiger partial charge in [0.05, 0.1) is 25.4 Å². The van der Waals surface area contributed by atoms with Crippen LogP contribution in [-0.4, -0.2) is 30.9 Å². The second-order valence-electron chi connectivity index (χ2n) is 5.01. The van der Waals surface area contributed by atoms with Gasteiger partial charge in [-0.2, -0.15) is 0 Å². The molecule has 0 saturated carbocycles. The molecule has 0 bridgehead atoms. The van der Waals surface area contributed by atoms with Crippen LogP contribution in [0.1, 0.15) is 5.56 Å². The van der Waals surface area contributed by atoms with Crippen LogP contribution >= 0.6 is 0 Å². The van der Waals surface area contributed by atoms with Crippen molar-refractivity contribution in [2.24, 2.45) is 0 Å². The summed E-state index contributed by atoms with van der Waals surface area (Å²) in [7, 11) is 1.39. The number of hydrogen-bond donors (Lipinski definition) is 3. The third-order valence-electron chi connectivity index (χ3n) is 3.29. The maximum Gasteiger partial charge on any atom is 0.319 e. The van der Waals surface area contributed by atoms with Crippen LogP contribution in [0.25, 0.3) is 0 Å². The van der Waals surface area contributed by atoms with Crippen molar-refractivity contribution in [3.05, 3.63) is 59.9 Å². The zero-order valence-electron chi connectivity index (χ0n) is 12.8. The molecule has 1 atom stereocenters. The molecule has 0 aliphatic carbocycles. The Morgan fingerprint density at radius 3 is 2.65 bits per heavy atom. The van der Waals surface area contributed by atoms with Gasteiger partial charge in [-0.1, -0.05) is 30.3 Å². The smallest absolute Gasteiger partial charge is 0.319 e. The molecule has 2 amide bonds. The molecule has 0 aliphatic heterocycles. The van der Waals surface area contributed by atoms with Crippen LogP contribution in [0.2, 0.25) is 0 Å². The van der Waals surface area contributed by atoms with Crippen molar-refractivity contribution < 1.29 is 19.0 Å². The molecule has 2 rings (SSSR count). The highest BCUT2D eigenvalue weighted by atomic mass is 19.1. The Morgan fingerprint density at radius 1 is 1.26 bits per heavy atom. The van der Waals surface area contributed by atoms with Crippen molar-refractivity contribution >= 4 is 11.7 Å². The van der Waals surface area contributed by atoms with Crippen LogP contribution in [0, 0.1) is 5.82 Å². The molecule has 0 aromatic heterocycles. The summed E-state index contributed by atoms with van der Waals surface area (Å²) in [6, 6.07) is 12.4. The minimum atomic E-state index is -0.495. The largest absolute Gasteiger partial charge is 0.494 e. The average Bonchev–Trinajstić information content (AvgIpc) is 2.56. The highest BCUT2D eigenvalue weighted by Crippen LogP contribution is 2.24. The van der Waals surface area contributed by atoms with Gasteiger partial charge in [0.2, 0.25) is 0 Å². The van der Waals surface area contributed by atoms with E-state index in [-0.39, 0.29) is 12.4 Å². The fraction of sp³-hybridized carbons (Fsp3) is 0.235. The molecule has 5 nitrogen and oxygen atoms in total. The number of carbonyl (C=O) groups is 1. The van der Waals surface area contributed by atoms with Gasteiger partial charge in [-0.15, -0.1) is 0 Å². The summed E-state index contributed by atoms with van der Waals surface area (Å²) in [5.41, 5.74) is 1.36. The summed E-state index contributed by atoms with van der Waals surface area (Å²) >= 11 is 0.